The van der Waals surface area contributed by atoms with Crippen molar-refractivity contribution in [2.24, 2.45) is 0 Å². The second kappa shape index (κ2) is 8.48. The number of aryl methyl sites for hydroxylation is 1. The van der Waals surface area contributed by atoms with Crippen LogP contribution in [0.5, 0.6) is 0 Å². The predicted molar refractivity (Wildman–Crippen MR) is 95.3 cm³/mol. The van der Waals surface area contributed by atoms with Gasteiger partial charge in [-0.05, 0) is 25.3 Å². The lowest BCUT2D eigenvalue weighted by Gasteiger charge is -2.22. The SMILES string of the molecule is CCCNC(=O)N1CCCN(S(=O)(=O)Cc2ccc(C)cc2)CC1. The average molecular weight is 353 g/mol. The van der Waals surface area contributed by atoms with Crippen LogP contribution in [0.15, 0.2) is 24.3 Å². The van der Waals surface area contributed by atoms with Crippen molar-refractivity contribution >= 4 is 16.1 Å². The molecule has 0 aliphatic carbocycles. The lowest BCUT2D eigenvalue weighted by atomic mass is 10.2. The topological polar surface area (TPSA) is 69.7 Å². The first-order valence-electron chi connectivity index (χ1n) is 8.48. The standard InChI is InChI=1S/C17H27N3O3S/c1-3-9-18-17(21)19-10-4-11-20(13-12-19)24(22,23)14-16-7-5-15(2)6-8-16/h5-8H,3-4,9-14H2,1-2H3,(H,18,21). The summed E-state index contributed by atoms with van der Waals surface area (Å²) < 4.78 is 26.8. The summed E-state index contributed by atoms with van der Waals surface area (Å²) in [6, 6.07) is 7.46. The summed E-state index contributed by atoms with van der Waals surface area (Å²) in [6.07, 6.45) is 1.54. The van der Waals surface area contributed by atoms with Gasteiger partial charge in [-0.15, -0.1) is 0 Å². The molecule has 24 heavy (non-hydrogen) atoms. The first-order chi connectivity index (χ1) is 11.4. The number of carbonyl (C=O) groups is 1. The fraction of sp³-hybridized carbons (Fsp3) is 0.588. The lowest BCUT2D eigenvalue weighted by Crippen LogP contribution is -2.42. The van der Waals surface area contributed by atoms with Crippen LogP contribution in [-0.4, -0.2) is 56.4 Å². The van der Waals surface area contributed by atoms with Crippen LogP contribution in [0.4, 0.5) is 4.79 Å². The molecular weight excluding hydrogens is 326 g/mol. The lowest BCUT2D eigenvalue weighted by molar-refractivity contribution is 0.200. The van der Waals surface area contributed by atoms with Gasteiger partial charge in [-0.1, -0.05) is 36.8 Å². The Bertz CT molecular complexity index is 644. The Morgan fingerprint density at radius 1 is 1.12 bits per heavy atom. The van der Waals surface area contributed by atoms with Gasteiger partial charge in [-0.2, -0.15) is 4.31 Å². The number of hydrogen-bond acceptors (Lipinski definition) is 3. The monoisotopic (exact) mass is 353 g/mol. The van der Waals surface area contributed by atoms with Gasteiger partial charge in [0.15, 0.2) is 0 Å². The van der Waals surface area contributed by atoms with Gasteiger partial charge >= 0.3 is 6.03 Å². The van der Waals surface area contributed by atoms with Crippen molar-refractivity contribution in [2.45, 2.75) is 32.4 Å². The summed E-state index contributed by atoms with van der Waals surface area (Å²) in [5.74, 6) is 0.00924. The van der Waals surface area contributed by atoms with E-state index in [1.807, 2.05) is 38.1 Å². The second-order valence-corrected chi connectivity index (χ2v) is 8.18. The number of benzene rings is 1. The largest absolute Gasteiger partial charge is 0.338 e. The summed E-state index contributed by atoms with van der Waals surface area (Å²) in [5, 5.41) is 2.85. The van der Waals surface area contributed by atoms with Crippen LogP contribution in [-0.2, 0) is 15.8 Å². The van der Waals surface area contributed by atoms with Gasteiger partial charge < -0.3 is 10.2 Å². The molecule has 1 aliphatic rings. The van der Waals surface area contributed by atoms with Crippen LogP contribution in [0.1, 0.15) is 30.9 Å². The number of nitrogens with one attached hydrogen (secondary N) is 1. The quantitative estimate of drug-likeness (QED) is 0.880. The molecule has 0 atom stereocenters. The number of sulfonamides is 1. The molecule has 0 aromatic heterocycles. The third-order valence-electron chi connectivity index (χ3n) is 4.13. The van der Waals surface area contributed by atoms with E-state index in [1.54, 1.807) is 4.90 Å². The summed E-state index contributed by atoms with van der Waals surface area (Å²) in [5.41, 5.74) is 1.90. The number of carbonyl (C=O) groups excluding carboxylic acids is 1. The van der Waals surface area contributed by atoms with E-state index in [4.69, 9.17) is 0 Å². The number of urea groups is 1. The zero-order valence-corrected chi connectivity index (χ0v) is 15.3. The number of nitrogens with zero attached hydrogens (tertiary/aromatic N) is 2. The van der Waals surface area contributed by atoms with Gasteiger partial charge in [0, 0.05) is 32.7 Å². The molecular formula is C17H27N3O3S. The van der Waals surface area contributed by atoms with Crippen LogP contribution in [0.3, 0.4) is 0 Å². The van der Waals surface area contributed by atoms with E-state index in [0.717, 1.165) is 17.5 Å². The molecule has 1 saturated heterocycles. The van der Waals surface area contributed by atoms with Crippen LogP contribution < -0.4 is 5.32 Å². The van der Waals surface area contributed by atoms with Gasteiger partial charge in [0.25, 0.3) is 0 Å². The van der Waals surface area contributed by atoms with Crippen molar-refractivity contribution < 1.29 is 13.2 Å². The highest BCUT2D eigenvalue weighted by atomic mass is 32.2. The van der Waals surface area contributed by atoms with Gasteiger partial charge in [0.05, 0.1) is 5.75 Å². The number of amides is 2. The third kappa shape index (κ3) is 5.21. The van der Waals surface area contributed by atoms with Crippen LogP contribution >= 0.6 is 0 Å². The maximum atomic E-state index is 12.6. The molecule has 7 heteroatoms. The van der Waals surface area contributed by atoms with Crippen molar-refractivity contribution in [3.8, 4) is 0 Å². The summed E-state index contributed by atoms with van der Waals surface area (Å²) in [6.45, 7) is 6.46. The molecule has 6 nitrogen and oxygen atoms in total. The van der Waals surface area contributed by atoms with Gasteiger partial charge in [-0.25, -0.2) is 13.2 Å². The molecule has 0 bridgehead atoms. The molecule has 134 valence electrons. The molecule has 0 unspecified atom stereocenters. The van der Waals surface area contributed by atoms with E-state index in [9.17, 15) is 13.2 Å². The Hall–Kier alpha value is -1.60. The third-order valence-corrected chi connectivity index (χ3v) is 5.98. The number of rotatable bonds is 5. The zero-order chi connectivity index (χ0) is 17.6. The smallest absolute Gasteiger partial charge is 0.317 e. The molecule has 2 amide bonds. The summed E-state index contributed by atoms with van der Waals surface area (Å²) in [7, 11) is -3.36. The highest BCUT2D eigenvalue weighted by Crippen LogP contribution is 2.14. The fourth-order valence-corrected chi connectivity index (χ4v) is 4.27. The fourth-order valence-electron chi connectivity index (χ4n) is 2.70. The predicted octanol–water partition coefficient (Wildman–Crippen LogP) is 1.95. The summed E-state index contributed by atoms with van der Waals surface area (Å²) in [4.78, 5) is 13.7. The van der Waals surface area contributed by atoms with Gasteiger partial charge in [0.2, 0.25) is 10.0 Å². The van der Waals surface area contributed by atoms with E-state index in [-0.39, 0.29) is 11.8 Å². The maximum absolute atomic E-state index is 12.6. The molecule has 0 saturated carbocycles. The van der Waals surface area contributed by atoms with E-state index < -0.39 is 10.0 Å². The van der Waals surface area contributed by atoms with Crippen molar-refractivity contribution in [3.05, 3.63) is 35.4 Å². The Labute approximate surface area is 144 Å². The van der Waals surface area contributed by atoms with Crippen molar-refractivity contribution in [1.82, 2.24) is 14.5 Å². The van der Waals surface area contributed by atoms with Gasteiger partial charge in [0.1, 0.15) is 0 Å². The van der Waals surface area contributed by atoms with Crippen molar-refractivity contribution in [1.29, 1.82) is 0 Å². The minimum atomic E-state index is -3.36. The van der Waals surface area contributed by atoms with Crippen LogP contribution in [0.2, 0.25) is 0 Å². The Balaban J connectivity index is 1.96. The summed E-state index contributed by atoms with van der Waals surface area (Å²) >= 11 is 0. The van der Waals surface area contributed by atoms with Crippen LogP contribution in [0.25, 0.3) is 0 Å². The van der Waals surface area contributed by atoms with Crippen molar-refractivity contribution in [3.63, 3.8) is 0 Å². The molecule has 2 rings (SSSR count). The minimum Gasteiger partial charge on any atom is -0.338 e. The second-order valence-electron chi connectivity index (χ2n) is 6.21. The molecule has 1 heterocycles. The average Bonchev–Trinajstić information content (AvgIpc) is 2.81. The Morgan fingerprint density at radius 2 is 1.83 bits per heavy atom. The normalized spacial score (nSPS) is 16.7. The Kier molecular flexibility index (Phi) is 6.62. The molecule has 1 fully saturated rings. The van der Waals surface area contributed by atoms with E-state index in [2.05, 4.69) is 5.32 Å². The first-order valence-corrected chi connectivity index (χ1v) is 10.1. The van der Waals surface area contributed by atoms with E-state index in [0.29, 0.717) is 39.1 Å². The minimum absolute atomic E-state index is 0.00924. The first kappa shape index (κ1) is 18.7. The zero-order valence-electron chi connectivity index (χ0n) is 14.5. The van der Waals surface area contributed by atoms with E-state index >= 15 is 0 Å². The molecule has 0 spiro atoms. The molecule has 0 radical (unpaired) electrons. The highest BCUT2D eigenvalue weighted by molar-refractivity contribution is 7.88. The molecule has 1 N–H and O–H groups in total. The number of hydrogen-bond donors (Lipinski definition) is 1. The Morgan fingerprint density at radius 3 is 2.50 bits per heavy atom. The maximum Gasteiger partial charge on any atom is 0.317 e. The molecule has 1 aliphatic heterocycles. The van der Waals surface area contributed by atoms with Crippen molar-refractivity contribution in [2.75, 3.05) is 32.7 Å². The van der Waals surface area contributed by atoms with Crippen LogP contribution in [0, 0.1) is 6.92 Å². The van der Waals surface area contributed by atoms with E-state index in [1.165, 1.54) is 4.31 Å². The molecule has 1 aromatic carbocycles. The highest BCUT2D eigenvalue weighted by Gasteiger charge is 2.26. The van der Waals surface area contributed by atoms with Gasteiger partial charge in [-0.3, -0.25) is 0 Å². The molecule has 1 aromatic rings.